The van der Waals surface area contributed by atoms with Crippen LogP contribution in [0.4, 0.5) is 10.2 Å². The van der Waals surface area contributed by atoms with Gasteiger partial charge in [-0.15, -0.1) is 0 Å². The smallest absolute Gasteiger partial charge is 0.346 e. The van der Waals surface area contributed by atoms with E-state index in [-0.39, 0.29) is 17.5 Å². The molecule has 0 aliphatic carbocycles. The van der Waals surface area contributed by atoms with Gasteiger partial charge in [-0.25, -0.2) is 23.6 Å². The Kier molecular flexibility index (Phi) is 5.60. The van der Waals surface area contributed by atoms with Crippen LogP contribution in [0.5, 0.6) is 0 Å². The number of nitrogens with one attached hydrogen (secondary N) is 1. The molecule has 0 radical (unpaired) electrons. The Hall–Kier alpha value is -3.49. The van der Waals surface area contributed by atoms with E-state index in [9.17, 15) is 14.0 Å². The molecule has 0 saturated heterocycles. The summed E-state index contributed by atoms with van der Waals surface area (Å²) in [6, 6.07) is 9.61. The second-order valence-corrected chi connectivity index (χ2v) is 7.23. The number of esters is 1. The number of ether oxygens (including phenoxy) is 1. The number of aryl methyl sites for hydroxylation is 1. The first-order valence-corrected chi connectivity index (χ1v) is 9.75. The van der Waals surface area contributed by atoms with Gasteiger partial charge in [0.25, 0.3) is 0 Å². The lowest BCUT2D eigenvalue weighted by Gasteiger charge is -2.16. The Labute approximate surface area is 172 Å². The number of carbonyl (C=O) groups is 1. The number of methoxy groups -OCH3 is 1. The van der Waals surface area contributed by atoms with E-state index in [2.05, 4.69) is 20.1 Å². The van der Waals surface area contributed by atoms with Crippen molar-refractivity contribution < 1.29 is 13.9 Å². The number of aromatic nitrogens is 4. The van der Waals surface area contributed by atoms with Crippen molar-refractivity contribution in [2.24, 2.45) is 0 Å². The van der Waals surface area contributed by atoms with Crippen molar-refractivity contribution in [1.82, 2.24) is 19.3 Å². The van der Waals surface area contributed by atoms with Crippen molar-refractivity contribution in [2.45, 2.75) is 38.4 Å². The Morgan fingerprint density at radius 2 is 2.03 bits per heavy atom. The van der Waals surface area contributed by atoms with E-state index in [0.29, 0.717) is 30.9 Å². The Balaban J connectivity index is 1.41. The van der Waals surface area contributed by atoms with E-state index in [1.54, 1.807) is 28.8 Å². The summed E-state index contributed by atoms with van der Waals surface area (Å²) in [6.45, 7) is 0.868. The van der Waals surface area contributed by atoms with Gasteiger partial charge >= 0.3 is 11.7 Å². The van der Waals surface area contributed by atoms with Gasteiger partial charge in [0.05, 0.1) is 19.2 Å². The molecule has 0 fully saturated rings. The fraction of sp³-hybridized carbons (Fsp3) is 0.333. The number of fused-ring (bicyclic) bond motifs is 1. The number of pyridine rings is 1. The van der Waals surface area contributed by atoms with Crippen LogP contribution in [-0.4, -0.2) is 38.5 Å². The number of rotatable bonds is 5. The summed E-state index contributed by atoms with van der Waals surface area (Å²) in [4.78, 5) is 28.5. The number of benzene rings is 1. The fourth-order valence-corrected chi connectivity index (χ4v) is 3.57. The van der Waals surface area contributed by atoms with Crippen molar-refractivity contribution in [1.29, 1.82) is 0 Å². The van der Waals surface area contributed by atoms with E-state index in [4.69, 9.17) is 0 Å². The standard InChI is InChI=1S/C21H22FN5O3/c1-30-20(28)15-4-8-18(23-12-15)24-17-7-9-19-25-27(21(29)26(19)11-10-17)13-14-2-5-16(22)6-3-14/h2-6,8,12,17H,7,9-11,13H2,1H3,(H,23,24). The number of carbonyl (C=O) groups excluding carboxylic acids is 1. The second kappa shape index (κ2) is 8.48. The third-order valence-corrected chi connectivity index (χ3v) is 5.20. The Morgan fingerprint density at radius 1 is 1.23 bits per heavy atom. The van der Waals surface area contributed by atoms with Crippen LogP contribution >= 0.6 is 0 Å². The van der Waals surface area contributed by atoms with Crippen LogP contribution in [0.1, 0.15) is 34.6 Å². The molecule has 2 aromatic heterocycles. The molecule has 30 heavy (non-hydrogen) atoms. The van der Waals surface area contributed by atoms with Gasteiger partial charge < -0.3 is 10.1 Å². The molecule has 8 nitrogen and oxygen atoms in total. The van der Waals surface area contributed by atoms with Gasteiger partial charge in [-0.1, -0.05) is 12.1 Å². The molecule has 1 aliphatic heterocycles. The lowest BCUT2D eigenvalue weighted by atomic mass is 10.1. The number of anilines is 1. The largest absolute Gasteiger partial charge is 0.465 e. The fourth-order valence-electron chi connectivity index (χ4n) is 3.57. The lowest BCUT2D eigenvalue weighted by molar-refractivity contribution is 0.0600. The van der Waals surface area contributed by atoms with Crippen LogP contribution in [0.15, 0.2) is 47.4 Å². The highest BCUT2D eigenvalue weighted by Gasteiger charge is 2.21. The Bertz CT molecular complexity index is 1090. The number of hydrogen-bond acceptors (Lipinski definition) is 6. The molecule has 1 atom stereocenters. The van der Waals surface area contributed by atoms with Gasteiger partial charge in [-0.05, 0) is 42.7 Å². The minimum absolute atomic E-state index is 0.133. The maximum absolute atomic E-state index is 13.1. The van der Waals surface area contributed by atoms with Crippen LogP contribution < -0.4 is 11.0 Å². The van der Waals surface area contributed by atoms with Gasteiger partial charge in [0.2, 0.25) is 0 Å². The summed E-state index contributed by atoms with van der Waals surface area (Å²) in [6.07, 6.45) is 3.68. The summed E-state index contributed by atoms with van der Waals surface area (Å²) in [5.41, 5.74) is 1.06. The topological polar surface area (TPSA) is 91.0 Å². The molecule has 0 saturated carbocycles. The predicted octanol–water partition coefficient (Wildman–Crippen LogP) is 2.23. The average molecular weight is 411 g/mol. The summed E-state index contributed by atoms with van der Waals surface area (Å²) in [5.74, 6) is 0.687. The maximum Gasteiger partial charge on any atom is 0.346 e. The molecule has 1 unspecified atom stereocenters. The zero-order chi connectivity index (χ0) is 21.1. The minimum atomic E-state index is -0.425. The number of halogens is 1. The molecule has 3 heterocycles. The van der Waals surface area contributed by atoms with Gasteiger partial charge in [-0.2, -0.15) is 5.10 Å². The number of hydrogen-bond donors (Lipinski definition) is 1. The number of nitrogens with zero attached hydrogens (tertiary/aromatic N) is 4. The highest BCUT2D eigenvalue weighted by Crippen LogP contribution is 2.17. The first kappa shape index (κ1) is 19.8. The van der Waals surface area contributed by atoms with Crippen molar-refractivity contribution in [3.63, 3.8) is 0 Å². The van der Waals surface area contributed by atoms with Crippen LogP contribution in [-0.2, 0) is 24.2 Å². The van der Waals surface area contributed by atoms with E-state index in [0.717, 1.165) is 24.2 Å². The van der Waals surface area contributed by atoms with E-state index < -0.39 is 5.97 Å². The molecule has 0 spiro atoms. The third kappa shape index (κ3) is 4.24. The normalized spacial score (nSPS) is 15.9. The van der Waals surface area contributed by atoms with Crippen LogP contribution in [0.3, 0.4) is 0 Å². The van der Waals surface area contributed by atoms with Crippen molar-refractivity contribution in [3.05, 3.63) is 75.8 Å². The molecule has 4 rings (SSSR count). The van der Waals surface area contributed by atoms with Gasteiger partial charge in [0.15, 0.2) is 0 Å². The van der Waals surface area contributed by atoms with Crippen molar-refractivity contribution in [3.8, 4) is 0 Å². The molecular formula is C21H22FN5O3. The molecule has 1 aliphatic rings. The molecule has 0 bridgehead atoms. The first-order chi connectivity index (χ1) is 14.5. The molecule has 9 heteroatoms. The maximum atomic E-state index is 13.1. The summed E-state index contributed by atoms with van der Waals surface area (Å²) >= 11 is 0. The summed E-state index contributed by atoms with van der Waals surface area (Å²) in [5, 5.41) is 7.85. The monoisotopic (exact) mass is 411 g/mol. The molecule has 0 amide bonds. The van der Waals surface area contributed by atoms with Crippen LogP contribution in [0.25, 0.3) is 0 Å². The molecule has 156 valence electrons. The Morgan fingerprint density at radius 3 is 2.73 bits per heavy atom. The lowest BCUT2D eigenvalue weighted by Crippen LogP contribution is -2.27. The van der Waals surface area contributed by atoms with Crippen molar-refractivity contribution >= 4 is 11.8 Å². The highest BCUT2D eigenvalue weighted by molar-refractivity contribution is 5.89. The predicted molar refractivity (Wildman–Crippen MR) is 108 cm³/mol. The van der Waals surface area contributed by atoms with Crippen molar-refractivity contribution in [2.75, 3.05) is 12.4 Å². The van der Waals surface area contributed by atoms with Gasteiger partial charge in [-0.3, -0.25) is 4.57 Å². The van der Waals surface area contributed by atoms with Gasteiger partial charge in [0, 0.05) is 25.2 Å². The highest BCUT2D eigenvalue weighted by atomic mass is 19.1. The average Bonchev–Trinajstić information content (AvgIpc) is 2.92. The minimum Gasteiger partial charge on any atom is -0.465 e. The SMILES string of the molecule is COC(=O)c1ccc(NC2CCc3nn(Cc4ccc(F)cc4)c(=O)n3CC2)nc1. The van der Waals surface area contributed by atoms with Gasteiger partial charge in [0.1, 0.15) is 17.5 Å². The molecular weight excluding hydrogens is 389 g/mol. The summed E-state index contributed by atoms with van der Waals surface area (Å²) < 4.78 is 20.9. The van der Waals surface area contributed by atoms with E-state index in [1.807, 2.05) is 0 Å². The zero-order valence-corrected chi connectivity index (χ0v) is 16.5. The zero-order valence-electron chi connectivity index (χ0n) is 16.5. The van der Waals surface area contributed by atoms with Crippen LogP contribution in [0.2, 0.25) is 0 Å². The second-order valence-electron chi connectivity index (χ2n) is 7.23. The first-order valence-electron chi connectivity index (χ1n) is 9.75. The molecule has 1 N–H and O–H groups in total. The quantitative estimate of drug-likeness (QED) is 0.648. The van der Waals surface area contributed by atoms with E-state index in [1.165, 1.54) is 30.1 Å². The molecule has 1 aromatic carbocycles. The summed E-state index contributed by atoms with van der Waals surface area (Å²) in [7, 11) is 1.33. The van der Waals surface area contributed by atoms with Crippen LogP contribution in [0, 0.1) is 5.82 Å². The van der Waals surface area contributed by atoms with E-state index >= 15 is 0 Å². The third-order valence-electron chi connectivity index (χ3n) is 5.20. The molecule has 3 aromatic rings.